The largest absolute Gasteiger partial charge is 0.343 e. The van der Waals surface area contributed by atoms with Crippen molar-refractivity contribution in [3.05, 3.63) is 0 Å². The number of ether oxygens (including phenoxy) is 3. The molecule has 3 rings (SSSR count). The van der Waals surface area contributed by atoms with E-state index in [1.807, 2.05) is 13.8 Å². The first kappa shape index (κ1) is 11.0. The highest BCUT2D eigenvalue weighted by molar-refractivity contribution is 5.06. The van der Waals surface area contributed by atoms with Crippen LogP contribution in [0.25, 0.3) is 0 Å². The van der Waals surface area contributed by atoms with Crippen LogP contribution in [0.1, 0.15) is 33.6 Å². The molecule has 0 unspecified atom stereocenters. The Kier molecular flexibility index (Phi) is 2.51. The van der Waals surface area contributed by atoms with Gasteiger partial charge in [0.2, 0.25) is 0 Å². The molecule has 3 aliphatic rings. The molecular weight excluding hydrogens is 206 g/mol. The summed E-state index contributed by atoms with van der Waals surface area (Å²) in [5.41, 5.74) is 0. The highest BCUT2D eigenvalue weighted by atomic mass is 16.8. The normalized spacial score (nSPS) is 45.2. The predicted molar refractivity (Wildman–Crippen MR) is 59.0 cm³/mol. The van der Waals surface area contributed by atoms with E-state index < -0.39 is 5.79 Å². The summed E-state index contributed by atoms with van der Waals surface area (Å²) in [4.78, 5) is 2.48. The summed E-state index contributed by atoms with van der Waals surface area (Å²) < 4.78 is 17.5. The SMILES string of the molecule is CCCCN1C[C@@H]2O[C@H]3OC(C)(C)O[C@H]3[C@@H]21. The van der Waals surface area contributed by atoms with Crippen LogP contribution in [-0.2, 0) is 14.2 Å². The lowest BCUT2D eigenvalue weighted by molar-refractivity contribution is -0.227. The zero-order valence-corrected chi connectivity index (χ0v) is 10.3. The van der Waals surface area contributed by atoms with Crippen LogP contribution in [0.4, 0.5) is 0 Å². The smallest absolute Gasteiger partial charge is 0.189 e. The fourth-order valence-electron chi connectivity index (χ4n) is 2.97. The Balaban J connectivity index is 1.64. The second-order valence-electron chi connectivity index (χ2n) is 5.48. The van der Waals surface area contributed by atoms with Crippen LogP contribution in [0.15, 0.2) is 0 Å². The van der Waals surface area contributed by atoms with Gasteiger partial charge in [0, 0.05) is 6.54 Å². The van der Waals surface area contributed by atoms with E-state index in [0.29, 0.717) is 12.1 Å². The topological polar surface area (TPSA) is 30.9 Å². The lowest BCUT2D eigenvalue weighted by Gasteiger charge is -2.45. The molecule has 3 fully saturated rings. The Labute approximate surface area is 96.8 Å². The van der Waals surface area contributed by atoms with E-state index in [1.165, 1.54) is 12.8 Å². The van der Waals surface area contributed by atoms with Crippen molar-refractivity contribution >= 4 is 0 Å². The summed E-state index contributed by atoms with van der Waals surface area (Å²) in [6, 6.07) is 0.429. The van der Waals surface area contributed by atoms with Gasteiger partial charge < -0.3 is 14.2 Å². The number of likely N-dealkylation sites (tertiary alicyclic amines) is 1. The van der Waals surface area contributed by atoms with Crippen LogP contribution in [-0.4, -0.2) is 48.3 Å². The van der Waals surface area contributed by atoms with Gasteiger partial charge in [0.05, 0.1) is 12.1 Å². The average molecular weight is 227 g/mol. The monoisotopic (exact) mass is 227 g/mol. The molecule has 16 heavy (non-hydrogen) atoms. The first-order valence-corrected chi connectivity index (χ1v) is 6.36. The highest BCUT2D eigenvalue weighted by Crippen LogP contribution is 2.43. The summed E-state index contributed by atoms with van der Waals surface area (Å²) in [5.74, 6) is -0.480. The molecule has 0 radical (unpaired) electrons. The number of unbranched alkanes of at least 4 members (excludes halogenated alkanes) is 1. The second kappa shape index (κ2) is 3.67. The van der Waals surface area contributed by atoms with Crippen molar-refractivity contribution in [2.45, 2.75) is 63.9 Å². The maximum absolute atomic E-state index is 5.93. The van der Waals surface area contributed by atoms with Crippen molar-refractivity contribution in [3.63, 3.8) is 0 Å². The summed E-state index contributed by atoms with van der Waals surface area (Å²) in [5, 5.41) is 0. The van der Waals surface area contributed by atoms with E-state index in [2.05, 4.69) is 11.8 Å². The molecule has 3 aliphatic heterocycles. The van der Waals surface area contributed by atoms with Crippen molar-refractivity contribution in [1.82, 2.24) is 4.90 Å². The lowest BCUT2D eigenvalue weighted by Crippen LogP contribution is -2.62. The minimum absolute atomic E-state index is 0.116. The zero-order chi connectivity index (χ0) is 11.3. The van der Waals surface area contributed by atoms with Crippen LogP contribution in [0.5, 0.6) is 0 Å². The summed E-state index contributed by atoms with van der Waals surface area (Å²) in [7, 11) is 0. The Bertz CT molecular complexity index is 279. The van der Waals surface area contributed by atoms with Crippen molar-refractivity contribution in [1.29, 1.82) is 0 Å². The van der Waals surface area contributed by atoms with Crippen molar-refractivity contribution in [2.75, 3.05) is 13.1 Å². The number of hydrogen-bond donors (Lipinski definition) is 0. The molecule has 4 atom stereocenters. The third-order valence-corrected chi connectivity index (χ3v) is 3.75. The minimum Gasteiger partial charge on any atom is -0.343 e. The molecule has 4 nitrogen and oxygen atoms in total. The van der Waals surface area contributed by atoms with Gasteiger partial charge in [-0.1, -0.05) is 13.3 Å². The average Bonchev–Trinajstić information content (AvgIpc) is 2.56. The van der Waals surface area contributed by atoms with Crippen molar-refractivity contribution in [3.8, 4) is 0 Å². The maximum atomic E-state index is 5.93. The van der Waals surface area contributed by atoms with Crippen LogP contribution >= 0.6 is 0 Å². The third-order valence-electron chi connectivity index (χ3n) is 3.75. The maximum Gasteiger partial charge on any atom is 0.189 e. The Morgan fingerprint density at radius 2 is 2.12 bits per heavy atom. The van der Waals surface area contributed by atoms with E-state index in [1.54, 1.807) is 0 Å². The van der Waals surface area contributed by atoms with Gasteiger partial charge in [-0.2, -0.15) is 0 Å². The highest BCUT2D eigenvalue weighted by Gasteiger charge is 2.60. The molecule has 0 amide bonds. The van der Waals surface area contributed by atoms with Crippen LogP contribution < -0.4 is 0 Å². The predicted octanol–water partition coefficient (Wildman–Crippen LogP) is 1.35. The quantitative estimate of drug-likeness (QED) is 0.728. The first-order valence-electron chi connectivity index (χ1n) is 6.36. The van der Waals surface area contributed by atoms with Crippen LogP contribution in [0.3, 0.4) is 0 Å². The fourth-order valence-corrected chi connectivity index (χ4v) is 2.97. The molecular formula is C12H21NO3. The zero-order valence-electron chi connectivity index (χ0n) is 10.3. The Morgan fingerprint density at radius 1 is 1.31 bits per heavy atom. The van der Waals surface area contributed by atoms with E-state index in [0.717, 1.165) is 13.1 Å². The molecule has 0 aromatic carbocycles. The van der Waals surface area contributed by atoms with Gasteiger partial charge in [0.15, 0.2) is 12.1 Å². The first-order chi connectivity index (χ1) is 7.61. The van der Waals surface area contributed by atoms with Crippen molar-refractivity contribution in [2.24, 2.45) is 0 Å². The summed E-state index contributed by atoms with van der Waals surface area (Å²) in [6.45, 7) is 8.35. The van der Waals surface area contributed by atoms with E-state index in [9.17, 15) is 0 Å². The summed E-state index contributed by atoms with van der Waals surface area (Å²) in [6.07, 6.45) is 2.81. The van der Waals surface area contributed by atoms with Gasteiger partial charge in [-0.25, -0.2) is 0 Å². The van der Waals surface area contributed by atoms with E-state index >= 15 is 0 Å². The van der Waals surface area contributed by atoms with E-state index in [4.69, 9.17) is 14.2 Å². The number of hydrogen-bond acceptors (Lipinski definition) is 4. The third kappa shape index (κ3) is 1.59. The van der Waals surface area contributed by atoms with Gasteiger partial charge in [-0.15, -0.1) is 0 Å². The Hall–Kier alpha value is -0.160. The summed E-state index contributed by atoms with van der Waals surface area (Å²) >= 11 is 0. The Morgan fingerprint density at radius 3 is 2.88 bits per heavy atom. The molecule has 0 aromatic rings. The molecule has 0 N–H and O–H groups in total. The van der Waals surface area contributed by atoms with Gasteiger partial charge in [0.1, 0.15) is 6.10 Å². The number of rotatable bonds is 3. The van der Waals surface area contributed by atoms with Gasteiger partial charge in [-0.3, -0.25) is 4.90 Å². The molecule has 3 heterocycles. The minimum atomic E-state index is -0.480. The van der Waals surface area contributed by atoms with Crippen LogP contribution in [0, 0.1) is 0 Å². The molecule has 4 heteroatoms. The van der Waals surface area contributed by atoms with E-state index in [-0.39, 0.29) is 12.4 Å². The van der Waals surface area contributed by atoms with Gasteiger partial charge >= 0.3 is 0 Å². The molecule has 0 aliphatic carbocycles. The van der Waals surface area contributed by atoms with Gasteiger partial charge in [-0.05, 0) is 26.8 Å². The number of nitrogens with zero attached hydrogens (tertiary/aromatic N) is 1. The molecule has 0 saturated carbocycles. The number of fused-ring (bicyclic) bond motifs is 3. The molecule has 0 bridgehead atoms. The van der Waals surface area contributed by atoms with Gasteiger partial charge in [0.25, 0.3) is 0 Å². The van der Waals surface area contributed by atoms with Crippen molar-refractivity contribution < 1.29 is 14.2 Å². The molecule has 0 aromatic heterocycles. The molecule has 3 saturated heterocycles. The fraction of sp³-hybridized carbons (Fsp3) is 1.00. The second-order valence-corrected chi connectivity index (χ2v) is 5.48. The van der Waals surface area contributed by atoms with Crippen LogP contribution in [0.2, 0.25) is 0 Å². The lowest BCUT2D eigenvalue weighted by atomic mass is 9.96. The standard InChI is InChI=1S/C12H21NO3/c1-4-5-6-13-7-8-9(13)10-11(14-8)16-12(2,3)15-10/h8-11H,4-7H2,1-3H3/t8-,9+,10-,11-/m0/s1. The molecule has 92 valence electrons. The molecule has 0 spiro atoms.